The molecule has 1 heterocycles. The highest BCUT2D eigenvalue weighted by Gasteiger charge is 2.28. The molecule has 5 heteroatoms. The number of rotatable bonds is 4. The number of aliphatic hydroxyl groups is 1. The van der Waals surface area contributed by atoms with Gasteiger partial charge in [0, 0.05) is 24.4 Å². The summed E-state index contributed by atoms with van der Waals surface area (Å²) in [5.41, 5.74) is 1.41. The van der Waals surface area contributed by atoms with E-state index in [0.717, 1.165) is 25.0 Å². The van der Waals surface area contributed by atoms with Crippen molar-refractivity contribution in [3.8, 4) is 0 Å². The van der Waals surface area contributed by atoms with E-state index in [1.54, 1.807) is 6.92 Å². The number of aromatic amines is 1. The van der Waals surface area contributed by atoms with Crippen LogP contribution in [0.2, 0.25) is 0 Å². The third kappa shape index (κ3) is 3.04. The smallest absolute Gasteiger partial charge is 0.255 e. The second-order valence-electron chi connectivity index (χ2n) is 5.52. The van der Waals surface area contributed by atoms with Gasteiger partial charge in [0.05, 0.1) is 5.56 Å². The summed E-state index contributed by atoms with van der Waals surface area (Å²) in [6, 6.07) is 0.245. The molecule has 3 atom stereocenters. The van der Waals surface area contributed by atoms with Crippen LogP contribution in [0, 0.1) is 19.8 Å². The highest BCUT2D eigenvalue weighted by molar-refractivity contribution is 5.20. The zero-order valence-corrected chi connectivity index (χ0v) is 11.9. The number of nitrogens with one attached hydrogen (secondary N) is 2. The average Bonchev–Trinajstić information content (AvgIpc) is 2.74. The first-order valence-electron chi connectivity index (χ1n) is 6.97. The molecule has 1 aliphatic rings. The summed E-state index contributed by atoms with van der Waals surface area (Å²) in [5, 5.41) is 12.8. The first kappa shape index (κ1) is 14.2. The van der Waals surface area contributed by atoms with Gasteiger partial charge in [0.2, 0.25) is 0 Å². The number of nitrogens with zero attached hydrogens (tertiary/aromatic N) is 1. The molecule has 0 aliphatic heterocycles. The minimum atomic E-state index is -0.0662. The summed E-state index contributed by atoms with van der Waals surface area (Å²) in [6.45, 7) is 5.86. The molecule has 2 rings (SSSR count). The second kappa shape index (κ2) is 5.84. The lowest BCUT2D eigenvalue weighted by Crippen LogP contribution is -2.38. The lowest BCUT2D eigenvalue weighted by molar-refractivity contribution is 0.200. The van der Waals surface area contributed by atoms with E-state index in [0.29, 0.717) is 23.3 Å². The normalized spacial score (nSPS) is 24.6. The van der Waals surface area contributed by atoms with E-state index < -0.39 is 0 Å². The monoisotopic (exact) mass is 265 g/mol. The van der Waals surface area contributed by atoms with Gasteiger partial charge in [-0.25, -0.2) is 4.98 Å². The van der Waals surface area contributed by atoms with Crippen molar-refractivity contribution in [3.05, 3.63) is 27.4 Å². The molecule has 1 aliphatic carbocycles. The first-order chi connectivity index (χ1) is 9.02. The largest absolute Gasteiger partial charge is 0.396 e. The Labute approximate surface area is 113 Å². The summed E-state index contributed by atoms with van der Waals surface area (Å²) >= 11 is 0. The van der Waals surface area contributed by atoms with Gasteiger partial charge in [-0.05, 0) is 39.5 Å². The summed E-state index contributed by atoms with van der Waals surface area (Å²) in [7, 11) is 0. The Morgan fingerprint density at radius 3 is 2.84 bits per heavy atom. The van der Waals surface area contributed by atoms with Gasteiger partial charge in [0.25, 0.3) is 5.56 Å². The first-order valence-corrected chi connectivity index (χ1v) is 6.97. The maximum atomic E-state index is 12.0. The van der Waals surface area contributed by atoms with Crippen LogP contribution < -0.4 is 10.9 Å². The molecule has 1 fully saturated rings. The molecule has 0 saturated heterocycles. The molecule has 5 nitrogen and oxygen atoms in total. The van der Waals surface area contributed by atoms with Gasteiger partial charge < -0.3 is 15.4 Å². The van der Waals surface area contributed by atoms with Crippen molar-refractivity contribution in [2.75, 3.05) is 6.61 Å². The molecule has 106 valence electrons. The minimum Gasteiger partial charge on any atom is -0.396 e. The van der Waals surface area contributed by atoms with Gasteiger partial charge in [-0.3, -0.25) is 4.79 Å². The van der Waals surface area contributed by atoms with Crippen LogP contribution in [0.3, 0.4) is 0 Å². The maximum absolute atomic E-state index is 12.0. The van der Waals surface area contributed by atoms with Crippen LogP contribution in [0.4, 0.5) is 0 Å². The van der Waals surface area contributed by atoms with Crippen LogP contribution in [0.15, 0.2) is 4.79 Å². The Morgan fingerprint density at radius 1 is 1.47 bits per heavy atom. The van der Waals surface area contributed by atoms with Crippen molar-refractivity contribution in [2.24, 2.45) is 5.92 Å². The molecule has 1 saturated carbocycles. The standard InChI is InChI=1S/C14H23N3O2/c1-8-13(14(19)17-10(3)15-8)9(2)16-12-6-4-5-11(12)7-18/h9,11-12,16,18H,4-7H2,1-3H3,(H,15,17,19). The van der Waals surface area contributed by atoms with Crippen LogP contribution >= 0.6 is 0 Å². The third-order valence-electron chi connectivity index (χ3n) is 4.05. The number of H-pyrrole nitrogens is 1. The predicted molar refractivity (Wildman–Crippen MR) is 74.1 cm³/mol. The number of hydrogen-bond acceptors (Lipinski definition) is 4. The second-order valence-corrected chi connectivity index (χ2v) is 5.52. The molecule has 1 aromatic heterocycles. The van der Waals surface area contributed by atoms with Gasteiger partial charge in [0.1, 0.15) is 5.82 Å². The van der Waals surface area contributed by atoms with Crippen molar-refractivity contribution in [3.63, 3.8) is 0 Å². The topological polar surface area (TPSA) is 78.0 Å². The van der Waals surface area contributed by atoms with Gasteiger partial charge >= 0.3 is 0 Å². The molecular weight excluding hydrogens is 242 g/mol. The Bertz CT molecular complexity index is 498. The van der Waals surface area contributed by atoms with Crippen LogP contribution in [0.1, 0.15) is 49.3 Å². The van der Waals surface area contributed by atoms with E-state index in [1.807, 2.05) is 13.8 Å². The lowest BCUT2D eigenvalue weighted by atomic mass is 10.0. The fraction of sp³-hybridized carbons (Fsp3) is 0.714. The van der Waals surface area contributed by atoms with E-state index in [2.05, 4.69) is 15.3 Å². The maximum Gasteiger partial charge on any atom is 0.255 e. The number of hydrogen-bond donors (Lipinski definition) is 3. The van der Waals surface area contributed by atoms with Crippen molar-refractivity contribution in [2.45, 2.75) is 52.1 Å². The van der Waals surface area contributed by atoms with Crippen molar-refractivity contribution >= 4 is 0 Å². The molecule has 0 aromatic carbocycles. The van der Waals surface area contributed by atoms with Gasteiger partial charge in [0.15, 0.2) is 0 Å². The number of aromatic nitrogens is 2. The molecule has 0 spiro atoms. The van der Waals surface area contributed by atoms with E-state index in [4.69, 9.17) is 0 Å². The van der Waals surface area contributed by atoms with Crippen molar-refractivity contribution in [1.29, 1.82) is 0 Å². The Kier molecular flexibility index (Phi) is 4.37. The quantitative estimate of drug-likeness (QED) is 0.764. The summed E-state index contributed by atoms with van der Waals surface area (Å²) < 4.78 is 0. The van der Waals surface area contributed by atoms with E-state index >= 15 is 0 Å². The number of aryl methyl sites for hydroxylation is 2. The zero-order valence-electron chi connectivity index (χ0n) is 11.9. The molecule has 0 radical (unpaired) electrons. The lowest BCUT2D eigenvalue weighted by Gasteiger charge is -2.24. The van der Waals surface area contributed by atoms with Gasteiger partial charge in [-0.1, -0.05) is 6.42 Å². The summed E-state index contributed by atoms with van der Waals surface area (Å²) in [5.74, 6) is 0.952. The highest BCUT2D eigenvalue weighted by Crippen LogP contribution is 2.27. The zero-order chi connectivity index (χ0) is 14.0. The third-order valence-corrected chi connectivity index (χ3v) is 4.05. The van der Waals surface area contributed by atoms with Crippen LogP contribution in [0.25, 0.3) is 0 Å². The fourth-order valence-electron chi connectivity index (χ4n) is 3.12. The van der Waals surface area contributed by atoms with Gasteiger partial charge in [-0.2, -0.15) is 0 Å². The van der Waals surface area contributed by atoms with E-state index in [9.17, 15) is 9.90 Å². The van der Waals surface area contributed by atoms with Gasteiger partial charge in [-0.15, -0.1) is 0 Å². The Morgan fingerprint density at radius 2 is 2.21 bits per heavy atom. The molecule has 3 N–H and O–H groups in total. The average molecular weight is 265 g/mol. The van der Waals surface area contributed by atoms with Crippen LogP contribution in [0.5, 0.6) is 0 Å². The molecule has 3 unspecified atom stereocenters. The summed E-state index contributed by atoms with van der Waals surface area (Å²) in [4.78, 5) is 19.1. The number of aliphatic hydroxyl groups excluding tert-OH is 1. The predicted octanol–water partition coefficient (Wildman–Crippen LogP) is 1.20. The van der Waals surface area contributed by atoms with Crippen molar-refractivity contribution in [1.82, 2.24) is 15.3 Å². The van der Waals surface area contributed by atoms with E-state index in [1.165, 1.54) is 0 Å². The SMILES string of the molecule is Cc1nc(C)c(C(C)NC2CCCC2CO)c(=O)[nH]1. The highest BCUT2D eigenvalue weighted by atomic mass is 16.3. The molecule has 0 bridgehead atoms. The molecule has 19 heavy (non-hydrogen) atoms. The van der Waals surface area contributed by atoms with Crippen LogP contribution in [-0.4, -0.2) is 27.7 Å². The molecule has 0 amide bonds. The van der Waals surface area contributed by atoms with Crippen LogP contribution in [-0.2, 0) is 0 Å². The Hall–Kier alpha value is -1.20. The van der Waals surface area contributed by atoms with Crippen molar-refractivity contribution < 1.29 is 5.11 Å². The Balaban J connectivity index is 2.16. The van der Waals surface area contributed by atoms with E-state index in [-0.39, 0.29) is 18.2 Å². The fourth-order valence-corrected chi connectivity index (χ4v) is 3.12. The minimum absolute atomic E-state index is 0.0472. The molecular formula is C14H23N3O2. The summed E-state index contributed by atoms with van der Waals surface area (Å²) in [6.07, 6.45) is 3.26. The molecule has 1 aromatic rings.